The molecule has 2 N–H and O–H groups in total. The predicted octanol–water partition coefficient (Wildman–Crippen LogP) is 24.6. The lowest BCUT2D eigenvalue weighted by Gasteiger charge is -2.38. The Bertz CT molecular complexity index is 1060. The highest BCUT2D eigenvalue weighted by atomic mass is 16.4. The van der Waals surface area contributed by atoms with Gasteiger partial charge in [-0.2, -0.15) is 0 Å². The summed E-state index contributed by atoms with van der Waals surface area (Å²) in [6, 6.07) is 0. The van der Waals surface area contributed by atoms with Gasteiger partial charge in [0.2, 0.25) is 0 Å². The van der Waals surface area contributed by atoms with Crippen molar-refractivity contribution in [1.82, 2.24) is 0 Å². The molecule has 0 radical (unpaired) electrons. The molecule has 430 valence electrons. The lowest BCUT2D eigenvalue weighted by Crippen LogP contribution is -2.39. The molecule has 0 fully saturated rings. The van der Waals surface area contributed by atoms with Gasteiger partial charge in [0.15, 0.2) is 0 Å². The second kappa shape index (κ2) is 59.2. The Balaban J connectivity index is 5.23. The molecule has 4 heteroatoms. The lowest BCUT2D eigenvalue weighted by molar-refractivity contribution is -0.155. The third kappa shape index (κ3) is 49.8. The molecule has 72 heavy (non-hydrogen) atoms. The fourth-order valence-electron chi connectivity index (χ4n) is 12.3. The van der Waals surface area contributed by atoms with E-state index in [4.69, 9.17) is 5.11 Å². The molecule has 0 aromatic heterocycles. The molecule has 2 atom stereocenters. The second-order valence-electron chi connectivity index (χ2n) is 24.1. The maximum atomic E-state index is 13.9. The predicted molar refractivity (Wildman–Crippen MR) is 320 cm³/mol. The number of hydrogen-bond donors (Lipinski definition) is 2. The van der Waals surface area contributed by atoms with Crippen molar-refractivity contribution in [2.75, 3.05) is 0 Å². The molecule has 0 rings (SSSR count). The maximum Gasteiger partial charge on any atom is 0.309 e. The quantitative estimate of drug-likeness (QED) is 0.0596. The van der Waals surface area contributed by atoms with Crippen LogP contribution in [0.25, 0.3) is 0 Å². The van der Waals surface area contributed by atoms with Crippen LogP contribution in [0.3, 0.4) is 0 Å². The third-order valence-electron chi connectivity index (χ3n) is 17.3. The zero-order valence-corrected chi connectivity index (χ0v) is 49.9. The number of carboxylic acids is 2. The Hall–Kier alpha value is -1.06. The van der Waals surface area contributed by atoms with Crippen molar-refractivity contribution in [1.29, 1.82) is 0 Å². The van der Waals surface area contributed by atoms with Gasteiger partial charge in [0, 0.05) is 6.42 Å². The minimum atomic E-state index is -0.662. The van der Waals surface area contributed by atoms with E-state index >= 15 is 0 Å². The van der Waals surface area contributed by atoms with Gasteiger partial charge in [0.25, 0.3) is 0 Å². The molecule has 0 saturated heterocycles. The highest BCUT2D eigenvalue weighted by molar-refractivity contribution is 5.75. The molecule has 0 heterocycles. The van der Waals surface area contributed by atoms with Crippen molar-refractivity contribution in [3.63, 3.8) is 0 Å². The van der Waals surface area contributed by atoms with E-state index < -0.39 is 17.4 Å². The number of hydrogen-bond acceptors (Lipinski definition) is 2. The Kier molecular flexibility index (Phi) is 58.3. The zero-order valence-electron chi connectivity index (χ0n) is 49.9. The molecule has 0 saturated carbocycles. The largest absolute Gasteiger partial charge is 0.481 e. The fraction of sp³-hybridized carbons (Fsp3) is 0.971. The zero-order chi connectivity index (χ0) is 52.4. The second-order valence-corrected chi connectivity index (χ2v) is 24.1. The number of rotatable bonds is 64. The van der Waals surface area contributed by atoms with E-state index in [-0.39, 0.29) is 0 Å². The first kappa shape index (κ1) is 70.9. The number of aliphatic carboxylic acids is 2. The van der Waals surface area contributed by atoms with Crippen molar-refractivity contribution in [2.45, 2.75) is 412 Å². The summed E-state index contributed by atoms with van der Waals surface area (Å²) in [5, 5.41) is 20.3. The average molecular weight is 1020 g/mol. The van der Waals surface area contributed by atoms with Crippen molar-refractivity contribution >= 4 is 11.9 Å². The summed E-state index contributed by atoms with van der Waals surface area (Å²) in [5.74, 6) is -0.774. The van der Waals surface area contributed by atoms with E-state index in [1.165, 1.54) is 334 Å². The van der Waals surface area contributed by atoms with E-state index in [0.717, 1.165) is 51.4 Å². The van der Waals surface area contributed by atoms with Crippen molar-refractivity contribution < 1.29 is 19.8 Å². The van der Waals surface area contributed by atoms with Gasteiger partial charge in [-0.25, -0.2) is 0 Å². The minimum absolute atomic E-state index is 0.322. The molecule has 0 aliphatic heterocycles. The lowest BCUT2D eigenvalue weighted by atomic mass is 9.65. The Morgan fingerprint density at radius 3 is 0.639 bits per heavy atom. The highest BCUT2D eigenvalue weighted by Crippen LogP contribution is 2.45. The molecule has 0 amide bonds. The minimum Gasteiger partial charge on any atom is -0.481 e. The summed E-state index contributed by atoms with van der Waals surface area (Å²) >= 11 is 0. The van der Waals surface area contributed by atoms with Crippen LogP contribution in [0.1, 0.15) is 412 Å². The van der Waals surface area contributed by atoms with Gasteiger partial charge >= 0.3 is 11.9 Å². The summed E-state index contributed by atoms with van der Waals surface area (Å²) in [6.45, 7) is 6.92. The third-order valence-corrected chi connectivity index (χ3v) is 17.3. The standard InChI is InChI=1S/C68H134O4/c1-4-7-10-13-16-19-22-24-26-29-33-38-43-48-53-58-63-68(67(71)72,64-59-54-49-44-39-34-30-27-28-32-37-42-47-52-57-62-66(69)70)65(60-55-50-45-40-35-21-18-15-12-9-6-3)61-56-51-46-41-36-31-25-23-20-17-14-11-8-5-2/h65H,4-64H2,1-3H3,(H,69,70)(H,71,72). The summed E-state index contributed by atoms with van der Waals surface area (Å²) in [6.07, 6.45) is 79.0. The first-order valence-corrected chi connectivity index (χ1v) is 33.9. The van der Waals surface area contributed by atoms with Gasteiger partial charge in [0.1, 0.15) is 0 Å². The first-order chi connectivity index (χ1) is 35.4. The van der Waals surface area contributed by atoms with E-state index in [9.17, 15) is 14.7 Å². The summed E-state index contributed by atoms with van der Waals surface area (Å²) in [5.41, 5.74) is -0.538. The van der Waals surface area contributed by atoms with E-state index in [1.807, 2.05) is 0 Å². The smallest absolute Gasteiger partial charge is 0.309 e. The van der Waals surface area contributed by atoms with Crippen LogP contribution in [0, 0.1) is 11.3 Å². The van der Waals surface area contributed by atoms with Gasteiger partial charge in [-0.3, -0.25) is 9.59 Å². The van der Waals surface area contributed by atoms with Crippen molar-refractivity contribution in [3.05, 3.63) is 0 Å². The van der Waals surface area contributed by atoms with E-state index in [2.05, 4.69) is 20.8 Å². The monoisotopic (exact) mass is 1020 g/mol. The van der Waals surface area contributed by atoms with E-state index in [1.54, 1.807) is 0 Å². The molecule has 0 aromatic carbocycles. The highest BCUT2D eigenvalue weighted by Gasteiger charge is 2.44. The summed E-state index contributed by atoms with van der Waals surface area (Å²) in [7, 11) is 0. The molecule has 0 spiro atoms. The summed E-state index contributed by atoms with van der Waals surface area (Å²) in [4.78, 5) is 24.6. The summed E-state index contributed by atoms with van der Waals surface area (Å²) < 4.78 is 0. The molecule has 0 aromatic rings. The maximum absolute atomic E-state index is 13.9. The van der Waals surface area contributed by atoms with Crippen molar-refractivity contribution in [2.24, 2.45) is 11.3 Å². The van der Waals surface area contributed by atoms with Gasteiger partial charge in [-0.15, -0.1) is 0 Å². The molecular formula is C68H134O4. The van der Waals surface area contributed by atoms with Crippen LogP contribution in [0.4, 0.5) is 0 Å². The number of unbranched alkanes of at least 4 members (excludes halogenated alkanes) is 52. The Labute approximate surface area is 453 Å². The topological polar surface area (TPSA) is 74.6 Å². The normalized spacial score (nSPS) is 13.0. The molecule has 0 bridgehead atoms. The molecule has 0 aliphatic carbocycles. The van der Waals surface area contributed by atoms with Gasteiger partial charge in [-0.05, 0) is 38.0 Å². The van der Waals surface area contributed by atoms with Gasteiger partial charge in [-0.1, -0.05) is 374 Å². The van der Waals surface area contributed by atoms with Crippen LogP contribution < -0.4 is 0 Å². The van der Waals surface area contributed by atoms with Gasteiger partial charge in [0.05, 0.1) is 5.41 Å². The average Bonchev–Trinajstić information content (AvgIpc) is 3.37. The molecule has 4 nitrogen and oxygen atoms in total. The Morgan fingerprint density at radius 1 is 0.264 bits per heavy atom. The SMILES string of the molecule is CCCCCCCCCCCCCCCCCCC(CCCCCCCCCCCCCCCCCC(=O)O)(C(=O)O)C(CCCCCCCCCCCCC)CCCCCCCCCCCCCCCC. The van der Waals surface area contributed by atoms with Crippen molar-refractivity contribution in [3.8, 4) is 0 Å². The van der Waals surface area contributed by atoms with Crippen LogP contribution in [-0.2, 0) is 9.59 Å². The van der Waals surface area contributed by atoms with E-state index in [0.29, 0.717) is 12.3 Å². The molecule has 2 unspecified atom stereocenters. The number of carboxylic acid groups (broad SMARTS) is 2. The fourth-order valence-corrected chi connectivity index (χ4v) is 12.3. The van der Waals surface area contributed by atoms with Gasteiger partial charge < -0.3 is 10.2 Å². The van der Waals surface area contributed by atoms with Crippen LogP contribution in [0.15, 0.2) is 0 Å². The first-order valence-electron chi connectivity index (χ1n) is 33.9. The molecular weight excluding hydrogens is 881 g/mol. The van der Waals surface area contributed by atoms with Crippen LogP contribution in [-0.4, -0.2) is 22.2 Å². The van der Waals surface area contributed by atoms with Crippen LogP contribution in [0.2, 0.25) is 0 Å². The van der Waals surface area contributed by atoms with Crippen LogP contribution >= 0.6 is 0 Å². The Morgan fingerprint density at radius 2 is 0.444 bits per heavy atom. The number of carbonyl (C=O) groups is 2. The molecule has 0 aliphatic rings. The van der Waals surface area contributed by atoms with Crippen LogP contribution in [0.5, 0.6) is 0 Å².